The molecule has 2 heterocycles. The summed E-state index contributed by atoms with van der Waals surface area (Å²) in [5, 5.41) is 3.98. The zero-order valence-electron chi connectivity index (χ0n) is 19.9. The second kappa shape index (κ2) is 9.74. The van der Waals surface area contributed by atoms with Crippen LogP contribution in [0.2, 0.25) is 0 Å². The molecular weight excluding hydrogens is 470 g/mol. The summed E-state index contributed by atoms with van der Waals surface area (Å²) in [6.45, 7) is 0.952. The lowest BCUT2D eigenvalue weighted by molar-refractivity contribution is 0.0919. The summed E-state index contributed by atoms with van der Waals surface area (Å²) >= 11 is 1.64. The Balaban J connectivity index is 1.17. The highest BCUT2D eigenvalue weighted by molar-refractivity contribution is 7.18. The molecule has 4 aromatic rings. The minimum atomic E-state index is -0.285. The van der Waals surface area contributed by atoms with Crippen LogP contribution in [-0.4, -0.2) is 34.5 Å². The van der Waals surface area contributed by atoms with Gasteiger partial charge in [0.2, 0.25) is 0 Å². The van der Waals surface area contributed by atoms with Gasteiger partial charge in [0.05, 0.1) is 16.3 Å². The zero-order valence-corrected chi connectivity index (χ0v) is 20.7. The van der Waals surface area contributed by atoms with Crippen molar-refractivity contribution in [1.29, 1.82) is 0 Å². The van der Waals surface area contributed by atoms with Gasteiger partial charge in [-0.3, -0.25) is 9.69 Å². The van der Waals surface area contributed by atoms with Crippen molar-refractivity contribution in [3.05, 3.63) is 88.9 Å². The van der Waals surface area contributed by atoms with Crippen LogP contribution in [0.15, 0.2) is 72.8 Å². The number of likely N-dealkylation sites (tertiary alicyclic amines) is 1. The molecule has 36 heavy (non-hydrogen) atoms. The summed E-state index contributed by atoms with van der Waals surface area (Å²) in [5.74, 6) is -0.00462. The first-order valence-electron chi connectivity index (χ1n) is 12.4. The van der Waals surface area contributed by atoms with Gasteiger partial charge in [0.15, 0.2) is 0 Å². The molecule has 1 aromatic heterocycles. The Morgan fingerprint density at radius 1 is 0.972 bits per heavy atom. The van der Waals surface area contributed by atoms with Crippen molar-refractivity contribution in [2.75, 3.05) is 6.54 Å². The normalized spacial score (nSPS) is 17.3. The van der Waals surface area contributed by atoms with E-state index in [-0.39, 0.29) is 24.6 Å². The zero-order chi connectivity index (χ0) is 24.5. The molecule has 2 amide bonds. The highest BCUT2D eigenvalue weighted by atomic mass is 32.1. The van der Waals surface area contributed by atoms with E-state index in [0.717, 1.165) is 57.6 Å². The third-order valence-electron chi connectivity index (χ3n) is 6.78. The first-order chi connectivity index (χ1) is 17.6. The molecule has 1 saturated heterocycles. The highest BCUT2D eigenvalue weighted by Crippen LogP contribution is 2.38. The fourth-order valence-corrected chi connectivity index (χ4v) is 5.77. The number of hydrogen-bond donors (Lipinski definition) is 1. The summed E-state index contributed by atoms with van der Waals surface area (Å²) in [5.41, 5.74) is 4.74. The molecule has 1 aliphatic carbocycles. The van der Waals surface area contributed by atoms with Crippen molar-refractivity contribution in [1.82, 2.24) is 15.2 Å². The minimum absolute atomic E-state index is 0.00462. The SMILES string of the molecule is O=C(NC1CC1)c1ccc(-c2ccc3nc([C@@H]4CCCN4C(=O)OCc4ccccc4)sc3c2)cc1. The van der Waals surface area contributed by atoms with Crippen LogP contribution >= 0.6 is 11.3 Å². The molecule has 1 aliphatic heterocycles. The number of hydrogen-bond acceptors (Lipinski definition) is 5. The number of rotatable bonds is 6. The summed E-state index contributed by atoms with van der Waals surface area (Å²) in [4.78, 5) is 31.8. The van der Waals surface area contributed by atoms with Gasteiger partial charge in [0.25, 0.3) is 5.91 Å². The molecule has 0 radical (unpaired) electrons. The average Bonchev–Trinajstić information content (AvgIpc) is 3.41. The van der Waals surface area contributed by atoms with Crippen LogP contribution in [0.3, 0.4) is 0 Å². The van der Waals surface area contributed by atoms with Crippen LogP contribution in [0.25, 0.3) is 21.3 Å². The largest absolute Gasteiger partial charge is 0.445 e. The van der Waals surface area contributed by atoms with E-state index in [0.29, 0.717) is 18.2 Å². The predicted octanol–water partition coefficient (Wildman–Crippen LogP) is 6.33. The highest BCUT2D eigenvalue weighted by Gasteiger charge is 2.33. The van der Waals surface area contributed by atoms with E-state index in [4.69, 9.17) is 9.72 Å². The van der Waals surface area contributed by atoms with Crippen LogP contribution in [0.1, 0.15) is 52.7 Å². The van der Waals surface area contributed by atoms with Gasteiger partial charge in [0, 0.05) is 18.2 Å². The number of benzene rings is 3. The molecular formula is C29H27N3O3S. The minimum Gasteiger partial charge on any atom is -0.445 e. The Labute approximate surface area is 213 Å². The Kier molecular flexibility index (Phi) is 6.15. The van der Waals surface area contributed by atoms with E-state index >= 15 is 0 Å². The fourth-order valence-electron chi connectivity index (χ4n) is 4.62. The number of carbonyl (C=O) groups excluding carboxylic acids is 2. The maximum Gasteiger partial charge on any atom is 0.410 e. The van der Waals surface area contributed by atoms with Gasteiger partial charge < -0.3 is 10.1 Å². The average molecular weight is 498 g/mol. The number of nitrogens with one attached hydrogen (secondary N) is 1. The molecule has 0 bridgehead atoms. The molecule has 1 saturated carbocycles. The number of thiazole rings is 1. The maximum absolute atomic E-state index is 12.8. The van der Waals surface area contributed by atoms with E-state index in [1.807, 2.05) is 65.6 Å². The molecule has 182 valence electrons. The molecule has 0 unspecified atom stereocenters. The second-order valence-electron chi connectivity index (χ2n) is 9.45. The smallest absolute Gasteiger partial charge is 0.410 e. The van der Waals surface area contributed by atoms with Crippen molar-refractivity contribution < 1.29 is 14.3 Å². The standard InChI is InChI=1S/C29H27N3O3S/c33-27(30-23-13-14-23)21-10-8-20(9-11-21)22-12-15-24-26(17-22)36-28(31-24)25-7-4-16-32(25)29(34)35-18-19-5-2-1-3-6-19/h1-3,5-6,8-12,15,17,23,25H,4,7,13-14,16,18H2,(H,30,33)/t25-/m0/s1. The van der Waals surface area contributed by atoms with Crippen LogP contribution in [0, 0.1) is 0 Å². The third kappa shape index (κ3) is 4.84. The monoisotopic (exact) mass is 497 g/mol. The first kappa shape index (κ1) is 22.7. The molecule has 0 spiro atoms. The summed E-state index contributed by atoms with van der Waals surface area (Å²) in [6, 6.07) is 24.0. The molecule has 6 nitrogen and oxygen atoms in total. The predicted molar refractivity (Wildman–Crippen MR) is 141 cm³/mol. The lowest BCUT2D eigenvalue weighted by atomic mass is 10.0. The number of ether oxygens (including phenoxy) is 1. The van der Waals surface area contributed by atoms with E-state index in [9.17, 15) is 9.59 Å². The van der Waals surface area contributed by atoms with Gasteiger partial charge in [-0.15, -0.1) is 11.3 Å². The van der Waals surface area contributed by atoms with Gasteiger partial charge in [-0.1, -0.05) is 48.5 Å². The molecule has 2 aliphatic rings. The van der Waals surface area contributed by atoms with Gasteiger partial charge in [-0.25, -0.2) is 9.78 Å². The van der Waals surface area contributed by atoms with Crippen molar-refractivity contribution in [2.24, 2.45) is 0 Å². The van der Waals surface area contributed by atoms with E-state index < -0.39 is 0 Å². The van der Waals surface area contributed by atoms with Gasteiger partial charge in [-0.2, -0.15) is 0 Å². The quantitative estimate of drug-likeness (QED) is 0.338. The number of fused-ring (bicyclic) bond motifs is 1. The van der Waals surface area contributed by atoms with Crippen molar-refractivity contribution in [3.63, 3.8) is 0 Å². The Morgan fingerprint density at radius 2 is 1.75 bits per heavy atom. The maximum atomic E-state index is 12.8. The number of carbonyl (C=O) groups is 2. The summed E-state index contributed by atoms with van der Waals surface area (Å²) in [7, 11) is 0. The third-order valence-corrected chi connectivity index (χ3v) is 7.89. The summed E-state index contributed by atoms with van der Waals surface area (Å²) < 4.78 is 6.69. The lowest BCUT2D eigenvalue weighted by Gasteiger charge is -2.22. The van der Waals surface area contributed by atoms with Crippen LogP contribution in [0.5, 0.6) is 0 Å². The first-order valence-corrected chi connectivity index (χ1v) is 13.2. The van der Waals surface area contributed by atoms with Crippen molar-refractivity contribution >= 4 is 33.6 Å². The van der Waals surface area contributed by atoms with Gasteiger partial charge in [-0.05, 0) is 66.6 Å². The second-order valence-corrected chi connectivity index (χ2v) is 10.5. The van der Waals surface area contributed by atoms with E-state index in [1.54, 1.807) is 11.3 Å². The number of amides is 2. The van der Waals surface area contributed by atoms with Gasteiger partial charge >= 0.3 is 6.09 Å². The molecule has 3 aromatic carbocycles. The molecule has 1 atom stereocenters. The van der Waals surface area contributed by atoms with Crippen molar-refractivity contribution in [2.45, 2.75) is 44.4 Å². The van der Waals surface area contributed by atoms with E-state index in [1.165, 1.54) is 0 Å². The van der Waals surface area contributed by atoms with Crippen LogP contribution in [0.4, 0.5) is 4.79 Å². The Bertz CT molecular complexity index is 1400. The lowest BCUT2D eigenvalue weighted by Crippen LogP contribution is -2.31. The topological polar surface area (TPSA) is 71.5 Å². The molecule has 2 fully saturated rings. The van der Waals surface area contributed by atoms with Crippen LogP contribution in [-0.2, 0) is 11.3 Å². The van der Waals surface area contributed by atoms with E-state index in [2.05, 4.69) is 17.4 Å². The number of aromatic nitrogens is 1. The number of nitrogens with zero attached hydrogens (tertiary/aromatic N) is 2. The summed E-state index contributed by atoms with van der Waals surface area (Å²) in [6.07, 6.45) is 3.69. The van der Waals surface area contributed by atoms with Gasteiger partial charge in [0.1, 0.15) is 11.6 Å². The molecule has 6 rings (SSSR count). The van der Waals surface area contributed by atoms with Crippen LogP contribution < -0.4 is 5.32 Å². The van der Waals surface area contributed by atoms with Crippen molar-refractivity contribution in [3.8, 4) is 11.1 Å². The Hall–Kier alpha value is -3.71. The Morgan fingerprint density at radius 3 is 2.53 bits per heavy atom. The molecule has 7 heteroatoms. The fraction of sp³-hybridized carbons (Fsp3) is 0.276. The molecule has 1 N–H and O–H groups in total.